The zero-order chi connectivity index (χ0) is 17.5. The van der Waals surface area contributed by atoms with Gasteiger partial charge in [-0.1, -0.05) is 23.7 Å². The molecule has 0 saturated carbocycles. The Morgan fingerprint density at radius 3 is 2.62 bits per heavy atom. The number of amides is 2. The van der Waals surface area contributed by atoms with Crippen LogP contribution in [0, 0.1) is 6.92 Å². The van der Waals surface area contributed by atoms with Crippen molar-refractivity contribution in [1.82, 2.24) is 5.43 Å². The van der Waals surface area contributed by atoms with Crippen molar-refractivity contribution in [3.63, 3.8) is 0 Å². The summed E-state index contributed by atoms with van der Waals surface area (Å²) in [6.45, 7) is 1.78. The number of carbonyl (C=O) groups excluding carboxylic acids is 2. The molecule has 0 atom stereocenters. The Bertz CT molecular complexity index is 790. The van der Waals surface area contributed by atoms with Crippen molar-refractivity contribution in [2.75, 3.05) is 12.4 Å². The number of ether oxygens (including phenoxy) is 1. The van der Waals surface area contributed by atoms with E-state index in [0.717, 1.165) is 5.56 Å². The van der Waals surface area contributed by atoms with Gasteiger partial charge < -0.3 is 10.1 Å². The van der Waals surface area contributed by atoms with Crippen molar-refractivity contribution in [1.29, 1.82) is 0 Å². The number of hydrogen-bond donors (Lipinski definition) is 2. The van der Waals surface area contributed by atoms with E-state index in [9.17, 15) is 9.59 Å². The highest BCUT2D eigenvalue weighted by Gasteiger charge is 2.14. The molecule has 0 aliphatic carbocycles. The van der Waals surface area contributed by atoms with E-state index in [1.54, 1.807) is 37.3 Å². The van der Waals surface area contributed by atoms with Gasteiger partial charge in [0.15, 0.2) is 0 Å². The molecule has 124 valence electrons. The lowest BCUT2D eigenvalue weighted by Gasteiger charge is -2.07. The maximum Gasteiger partial charge on any atom is 0.329 e. The number of carbonyl (C=O) groups is 2. The van der Waals surface area contributed by atoms with Crippen LogP contribution in [0.5, 0.6) is 5.75 Å². The fourth-order valence-corrected chi connectivity index (χ4v) is 2.16. The monoisotopic (exact) mass is 345 g/mol. The van der Waals surface area contributed by atoms with E-state index in [1.165, 1.54) is 13.3 Å². The van der Waals surface area contributed by atoms with Crippen molar-refractivity contribution in [3.8, 4) is 5.75 Å². The van der Waals surface area contributed by atoms with Crippen LogP contribution in [0.4, 0.5) is 5.69 Å². The number of halogens is 1. The summed E-state index contributed by atoms with van der Waals surface area (Å²) in [4.78, 5) is 23.6. The molecule has 0 fully saturated rings. The molecule has 2 N–H and O–H groups in total. The van der Waals surface area contributed by atoms with Crippen molar-refractivity contribution < 1.29 is 14.3 Å². The van der Waals surface area contributed by atoms with Gasteiger partial charge in [-0.15, -0.1) is 0 Å². The van der Waals surface area contributed by atoms with Gasteiger partial charge in [-0.3, -0.25) is 9.59 Å². The highest BCUT2D eigenvalue weighted by Crippen LogP contribution is 2.19. The summed E-state index contributed by atoms with van der Waals surface area (Å²) >= 11 is 5.85. The second kappa shape index (κ2) is 8.12. The fraction of sp³-hybridized carbons (Fsp3) is 0.118. The molecule has 2 aromatic rings. The summed E-state index contributed by atoms with van der Waals surface area (Å²) in [5.74, 6) is -1.09. The number of anilines is 1. The van der Waals surface area contributed by atoms with Crippen LogP contribution in [0.2, 0.25) is 5.02 Å². The number of hydrogen-bond acceptors (Lipinski definition) is 4. The quantitative estimate of drug-likeness (QED) is 0.508. The molecule has 2 rings (SSSR count). The molecule has 0 heterocycles. The fourth-order valence-electron chi connectivity index (χ4n) is 1.93. The topological polar surface area (TPSA) is 79.8 Å². The first-order chi connectivity index (χ1) is 11.5. The highest BCUT2D eigenvalue weighted by molar-refractivity contribution is 6.39. The molecule has 0 radical (unpaired) electrons. The van der Waals surface area contributed by atoms with Crippen LogP contribution in [0.1, 0.15) is 11.1 Å². The van der Waals surface area contributed by atoms with Gasteiger partial charge in [0.25, 0.3) is 0 Å². The third-order valence-electron chi connectivity index (χ3n) is 3.15. The predicted octanol–water partition coefficient (Wildman–Crippen LogP) is 2.75. The molecule has 0 spiro atoms. The van der Waals surface area contributed by atoms with Gasteiger partial charge >= 0.3 is 11.8 Å². The van der Waals surface area contributed by atoms with Crippen LogP contribution in [-0.4, -0.2) is 25.1 Å². The number of aryl methyl sites for hydroxylation is 1. The van der Waals surface area contributed by atoms with Crippen LogP contribution in [0.15, 0.2) is 47.6 Å². The first-order valence-corrected chi connectivity index (χ1v) is 7.42. The summed E-state index contributed by atoms with van der Waals surface area (Å²) in [5.41, 5.74) is 4.10. The number of nitrogens with zero attached hydrogens (tertiary/aromatic N) is 1. The average molecular weight is 346 g/mol. The summed E-state index contributed by atoms with van der Waals surface area (Å²) < 4.78 is 5.16. The number of hydrazone groups is 1. The van der Waals surface area contributed by atoms with Crippen molar-refractivity contribution in [2.24, 2.45) is 5.10 Å². The molecule has 0 bridgehead atoms. The number of nitrogens with one attached hydrogen (secondary N) is 2. The van der Waals surface area contributed by atoms with E-state index in [-0.39, 0.29) is 0 Å². The van der Waals surface area contributed by atoms with E-state index in [1.807, 2.05) is 12.1 Å². The Labute approximate surface area is 144 Å². The molecule has 0 unspecified atom stereocenters. The molecule has 0 aliphatic heterocycles. The van der Waals surface area contributed by atoms with Gasteiger partial charge in [-0.2, -0.15) is 5.10 Å². The van der Waals surface area contributed by atoms with E-state index >= 15 is 0 Å². The molecule has 2 aromatic carbocycles. The lowest BCUT2D eigenvalue weighted by atomic mass is 10.2. The maximum absolute atomic E-state index is 11.9. The SMILES string of the molecule is COc1ccccc1C=NNC(=O)C(=O)Nc1ccc(Cl)cc1C. The first-order valence-electron chi connectivity index (χ1n) is 7.05. The molecule has 0 saturated heterocycles. The molecule has 0 aliphatic rings. The standard InChI is InChI=1S/C17H16ClN3O3/c1-11-9-13(18)7-8-14(11)20-16(22)17(23)21-19-10-12-5-3-4-6-15(12)24-2/h3-10H,1-2H3,(H,20,22)(H,21,23). The van der Waals surface area contributed by atoms with Crippen LogP contribution >= 0.6 is 11.6 Å². The average Bonchev–Trinajstić information content (AvgIpc) is 2.57. The van der Waals surface area contributed by atoms with E-state index < -0.39 is 11.8 Å². The number of benzene rings is 2. The number of methoxy groups -OCH3 is 1. The summed E-state index contributed by atoms with van der Waals surface area (Å²) in [5, 5.41) is 6.82. The van der Waals surface area contributed by atoms with Gasteiger partial charge in [-0.05, 0) is 42.8 Å². The largest absolute Gasteiger partial charge is 0.496 e. The minimum Gasteiger partial charge on any atom is -0.496 e. The van der Waals surface area contributed by atoms with Crippen LogP contribution in [-0.2, 0) is 9.59 Å². The first kappa shape index (κ1) is 17.5. The minimum atomic E-state index is -0.879. The van der Waals surface area contributed by atoms with Crippen molar-refractivity contribution in [3.05, 3.63) is 58.6 Å². The lowest BCUT2D eigenvalue weighted by Crippen LogP contribution is -2.32. The Balaban J connectivity index is 1.96. The van der Waals surface area contributed by atoms with Gasteiger partial charge in [0.2, 0.25) is 0 Å². The molecule has 24 heavy (non-hydrogen) atoms. The number of rotatable bonds is 4. The predicted molar refractivity (Wildman–Crippen MR) is 93.5 cm³/mol. The van der Waals surface area contributed by atoms with E-state index in [0.29, 0.717) is 22.0 Å². The Morgan fingerprint density at radius 2 is 1.92 bits per heavy atom. The summed E-state index contributed by atoms with van der Waals surface area (Å²) in [6, 6.07) is 12.1. The zero-order valence-electron chi connectivity index (χ0n) is 13.2. The van der Waals surface area contributed by atoms with Crippen LogP contribution < -0.4 is 15.5 Å². The molecule has 2 amide bonds. The molecular weight excluding hydrogens is 330 g/mol. The highest BCUT2D eigenvalue weighted by atomic mass is 35.5. The normalized spacial score (nSPS) is 10.5. The minimum absolute atomic E-state index is 0.508. The van der Waals surface area contributed by atoms with Crippen LogP contribution in [0.25, 0.3) is 0 Å². The summed E-state index contributed by atoms with van der Waals surface area (Å²) in [7, 11) is 1.53. The van der Waals surface area contributed by atoms with Crippen molar-refractivity contribution >= 4 is 35.3 Å². The second-order valence-corrected chi connectivity index (χ2v) is 5.29. The molecule has 7 heteroatoms. The number of para-hydroxylation sites is 1. The van der Waals surface area contributed by atoms with Gasteiger partial charge in [0, 0.05) is 16.3 Å². The van der Waals surface area contributed by atoms with E-state index in [2.05, 4.69) is 15.8 Å². The van der Waals surface area contributed by atoms with E-state index in [4.69, 9.17) is 16.3 Å². The Hall–Kier alpha value is -2.86. The third kappa shape index (κ3) is 4.57. The molecular formula is C17H16ClN3O3. The maximum atomic E-state index is 11.9. The summed E-state index contributed by atoms with van der Waals surface area (Å²) in [6.07, 6.45) is 1.40. The Kier molecular flexibility index (Phi) is 5.92. The smallest absolute Gasteiger partial charge is 0.329 e. The van der Waals surface area contributed by atoms with Gasteiger partial charge in [0.05, 0.1) is 13.3 Å². The second-order valence-electron chi connectivity index (χ2n) is 4.85. The van der Waals surface area contributed by atoms with Gasteiger partial charge in [0.1, 0.15) is 5.75 Å². The zero-order valence-corrected chi connectivity index (χ0v) is 13.9. The lowest BCUT2D eigenvalue weighted by molar-refractivity contribution is -0.136. The Morgan fingerprint density at radius 1 is 1.17 bits per heavy atom. The molecule has 6 nitrogen and oxygen atoms in total. The van der Waals surface area contributed by atoms with Crippen LogP contribution in [0.3, 0.4) is 0 Å². The van der Waals surface area contributed by atoms with Gasteiger partial charge in [-0.25, -0.2) is 5.43 Å². The van der Waals surface area contributed by atoms with Crippen molar-refractivity contribution in [2.45, 2.75) is 6.92 Å². The third-order valence-corrected chi connectivity index (χ3v) is 3.39. The molecule has 0 aromatic heterocycles.